The van der Waals surface area contributed by atoms with Crippen LogP contribution >= 0.6 is 23.1 Å². The van der Waals surface area contributed by atoms with E-state index in [1.807, 2.05) is 18.4 Å². The van der Waals surface area contributed by atoms with Crippen molar-refractivity contribution in [1.82, 2.24) is 25.0 Å². The average molecular weight is 284 g/mol. The fraction of sp³-hybridized carbons (Fsp3) is 0.444. The molecule has 0 bridgehead atoms. The topological polar surface area (TPSA) is 85.6 Å². The highest BCUT2D eigenvalue weighted by atomic mass is 32.2. The van der Waals surface area contributed by atoms with Crippen molar-refractivity contribution >= 4 is 34.1 Å². The number of rotatable bonds is 5. The van der Waals surface area contributed by atoms with E-state index >= 15 is 0 Å². The summed E-state index contributed by atoms with van der Waals surface area (Å²) in [6.07, 6.45) is 0. The quantitative estimate of drug-likeness (QED) is 0.830. The largest absolute Gasteiger partial charge is 0.307 e. The molecule has 0 aliphatic heterocycles. The normalized spacial score (nSPS) is 10.6. The van der Waals surface area contributed by atoms with Crippen LogP contribution in [0.5, 0.6) is 0 Å². The summed E-state index contributed by atoms with van der Waals surface area (Å²) >= 11 is 2.64. The van der Waals surface area contributed by atoms with Crippen LogP contribution in [-0.2, 0) is 11.3 Å². The van der Waals surface area contributed by atoms with Crippen molar-refractivity contribution in [3.8, 4) is 0 Å². The van der Waals surface area contributed by atoms with E-state index in [0.29, 0.717) is 5.13 Å². The Bertz CT molecular complexity index is 523. The monoisotopic (exact) mass is 284 g/mol. The third-order valence-electron chi connectivity index (χ3n) is 2.16. The smallest absolute Gasteiger partial charge is 0.236 e. The van der Waals surface area contributed by atoms with E-state index in [-0.39, 0.29) is 11.7 Å². The first-order valence-electron chi connectivity index (χ1n) is 5.29. The first-order chi connectivity index (χ1) is 8.70. The lowest BCUT2D eigenvalue weighted by molar-refractivity contribution is -0.113. The molecule has 0 saturated carbocycles. The van der Waals surface area contributed by atoms with Crippen molar-refractivity contribution < 1.29 is 4.79 Å². The highest BCUT2D eigenvalue weighted by molar-refractivity contribution is 7.99. The summed E-state index contributed by atoms with van der Waals surface area (Å²) in [4.78, 5) is 11.6. The molecule has 18 heavy (non-hydrogen) atoms. The second-order valence-electron chi connectivity index (χ2n) is 3.35. The zero-order valence-electron chi connectivity index (χ0n) is 9.95. The van der Waals surface area contributed by atoms with Crippen LogP contribution in [0.4, 0.5) is 5.13 Å². The molecule has 2 heterocycles. The Morgan fingerprint density at radius 3 is 3.00 bits per heavy atom. The van der Waals surface area contributed by atoms with Crippen LogP contribution in [-0.4, -0.2) is 36.6 Å². The van der Waals surface area contributed by atoms with Crippen molar-refractivity contribution in [2.24, 2.45) is 0 Å². The predicted molar refractivity (Wildman–Crippen MR) is 69.7 cm³/mol. The Morgan fingerprint density at radius 2 is 2.33 bits per heavy atom. The maximum atomic E-state index is 11.6. The van der Waals surface area contributed by atoms with Gasteiger partial charge in [-0.05, 0) is 13.8 Å². The first-order valence-corrected chi connectivity index (χ1v) is 7.16. The number of thioether (sulfide) groups is 1. The number of anilines is 1. The number of nitrogens with one attached hydrogen (secondary N) is 1. The van der Waals surface area contributed by atoms with Crippen LogP contribution in [0.3, 0.4) is 0 Å². The van der Waals surface area contributed by atoms with Crippen molar-refractivity contribution in [3.63, 3.8) is 0 Å². The summed E-state index contributed by atoms with van der Waals surface area (Å²) in [5.41, 5.74) is 1.57. The SMILES string of the molecule is CCn1c(C)nnc1SCC(=O)Nc1nncs1. The van der Waals surface area contributed by atoms with Crippen LogP contribution in [0, 0.1) is 6.92 Å². The van der Waals surface area contributed by atoms with Gasteiger partial charge in [0.2, 0.25) is 11.0 Å². The van der Waals surface area contributed by atoms with Crippen molar-refractivity contribution in [2.75, 3.05) is 11.1 Å². The third kappa shape index (κ3) is 3.05. The van der Waals surface area contributed by atoms with Crippen molar-refractivity contribution in [2.45, 2.75) is 25.5 Å². The number of aromatic nitrogens is 5. The summed E-state index contributed by atoms with van der Waals surface area (Å²) in [6.45, 7) is 4.70. The fourth-order valence-corrected chi connectivity index (χ4v) is 2.65. The number of aryl methyl sites for hydroxylation is 1. The molecule has 96 valence electrons. The van der Waals surface area contributed by atoms with Gasteiger partial charge in [-0.15, -0.1) is 20.4 Å². The van der Waals surface area contributed by atoms with Gasteiger partial charge >= 0.3 is 0 Å². The molecule has 9 heteroatoms. The summed E-state index contributed by atoms with van der Waals surface area (Å²) < 4.78 is 1.96. The van der Waals surface area contributed by atoms with Gasteiger partial charge in [0.15, 0.2) is 5.16 Å². The maximum Gasteiger partial charge on any atom is 0.236 e. The Hall–Kier alpha value is -1.48. The van der Waals surface area contributed by atoms with E-state index in [1.54, 1.807) is 5.51 Å². The molecule has 0 atom stereocenters. The van der Waals surface area contributed by atoms with Crippen LogP contribution in [0.1, 0.15) is 12.7 Å². The third-order valence-corrected chi connectivity index (χ3v) is 3.73. The molecule has 2 aromatic heterocycles. The van der Waals surface area contributed by atoms with Crippen molar-refractivity contribution in [3.05, 3.63) is 11.3 Å². The molecule has 0 aliphatic rings. The van der Waals surface area contributed by atoms with Gasteiger partial charge in [0, 0.05) is 6.54 Å². The van der Waals surface area contributed by atoms with E-state index in [1.165, 1.54) is 23.1 Å². The molecule has 0 radical (unpaired) electrons. The van der Waals surface area contributed by atoms with Crippen LogP contribution < -0.4 is 5.32 Å². The zero-order valence-corrected chi connectivity index (χ0v) is 11.6. The Kier molecular flexibility index (Phi) is 4.26. The van der Waals surface area contributed by atoms with Crippen LogP contribution in [0.2, 0.25) is 0 Å². The summed E-state index contributed by atoms with van der Waals surface area (Å²) in [5.74, 6) is 1.00. The van der Waals surface area contributed by atoms with E-state index in [0.717, 1.165) is 17.5 Å². The van der Waals surface area contributed by atoms with Gasteiger partial charge in [-0.2, -0.15) is 0 Å². The number of carbonyl (C=O) groups excluding carboxylic acids is 1. The molecular formula is C9H12N6OS2. The molecule has 1 N–H and O–H groups in total. The van der Waals surface area contributed by atoms with Crippen LogP contribution in [0.25, 0.3) is 0 Å². The fourth-order valence-electron chi connectivity index (χ4n) is 1.35. The molecular weight excluding hydrogens is 272 g/mol. The van der Waals surface area contributed by atoms with Gasteiger partial charge in [0.05, 0.1) is 5.75 Å². The van der Waals surface area contributed by atoms with E-state index < -0.39 is 0 Å². The second-order valence-corrected chi connectivity index (χ2v) is 5.13. The molecule has 2 rings (SSSR count). The van der Waals surface area contributed by atoms with E-state index in [2.05, 4.69) is 25.7 Å². The molecule has 0 aliphatic carbocycles. The highest BCUT2D eigenvalue weighted by Gasteiger charge is 2.11. The van der Waals surface area contributed by atoms with Gasteiger partial charge in [-0.25, -0.2) is 0 Å². The number of hydrogen-bond donors (Lipinski definition) is 1. The maximum absolute atomic E-state index is 11.6. The number of nitrogens with zero attached hydrogens (tertiary/aromatic N) is 5. The molecule has 0 unspecified atom stereocenters. The molecule has 0 spiro atoms. The number of carbonyl (C=O) groups is 1. The van der Waals surface area contributed by atoms with Crippen molar-refractivity contribution in [1.29, 1.82) is 0 Å². The summed E-state index contributed by atoms with van der Waals surface area (Å²) in [6, 6.07) is 0. The summed E-state index contributed by atoms with van der Waals surface area (Å²) in [5, 5.41) is 19.3. The molecule has 1 amide bonds. The minimum absolute atomic E-state index is 0.125. The Balaban J connectivity index is 1.89. The predicted octanol–water partition coefficient (Wildman–Crippen LogP) is 1.19. The average Bonchev–Trinajstić information content (AvgIpc) is 2.96. The summed E-state index contributed by atoms with van der Waals surface area (Å²) in [7, 11) is 0. The Labute approximate surface area is 112 Å². The molecule has 0 fully saturated rings. The zero-order chi connectivity index (χ0) is 13.0. The van der Waals surface area contributed by atoms with Gasteiger partial charge in [-0.3, -0.25) is 10.1 Å². The molecule has 2 aromatic rings. The lowest BCUT2D eigenvalue weighted by Gasteiger charge is -2.04. The molecule has 0 aromatic carbocycles. The number of hydrogen-bond acceptors (Lipinski definition) is 7. The van der Waals surface area contributed by atoms with Gasteiger partial charge in [-0.1, -0.05) is 23.1 Å². The minimum Gasteiger partial charge on any atom is -0.307 e. The Morgan fingerprint density at radius 1 is 1.50 bits per heavy atom. The van der Waals surface area contributed by atoms with Crippen LogP contribution in [0.15, 0.2) is 10.7 Å². The van der Waals surface area contributed by atoms with E-state index in [4.69, 9.17) is 0 Å². The highest BCUT2D eigenvalue weighted by Crippen LogP contribution is 2.17. The molecule has 0 saturated heterocycles. The van der Waals surface area contributed by atoms with Gasteiger partial charge in [0.25, 0.3) is 0 Å². The first kappa shape index (κ1) is 13.0. The van der Waals surface area contributed by atoms with Gasteiger partial charge in [0.1, 0.15) is 11.3 Å². The second kappa shape index (κ2) is 5.91. The lowest BCUT2D eigenvalue weighted by Crippen LogP contribution is -2.14. The van der Waals surface area contributed by atoms with Gasteiger partial charge < -0.3 is 4.57 Å². The van der Waals surface area contributed by atoms with E-state index in [9.17, 15) is 4.79 Å². The lowest BCUT2D eigenvalue weighted by atomic mass is 10.6. The minimum atomic E-state index is -0.125. The standard InChI is InChI=1S/C9H12N6OS2/c1-3-15-6(2)12-14-9(15)17-4-7(16)11-8-13-10-5-18-8/h5H,3-4H2,1-2H3,(H,11,13,16). The molecule has 7 nitrogen and oxygen atoms in total. The number of amides is 1.